The van der Waals surface area contributed by atoms with Crippen molar-refractivity contribution in [3.8, 4) is 11.8 Å². The summed E-state index contributed by atoms with van der Waals surface area (Å²) in [6, 6.07) is 13.9. The van der Waals surface area contributed by atoms with Crippen LogP contribution in [-0.4, -0.2) is 7.05 Å². The van der Waals surface area contributed by atoms with E-state index in [0.717, 1.165) is 12.1 Å². The third-order valence-corrected chi connectivity index (χ3v) is 2.88. The fourth-order valence-corrected chi connectivity index (χ4v) is 1.80. The van der Waals surface area contributed by atoms with Gasteiger partial charge in [-0.25, -0.2) is 4.39 Å². The Morgan fingerprint density at radius 2 is 1.95 bits per heavy atom. The second kappa shape index (κ2) is 6.69. The van der Waals surface area contributed by atoms with Gasteiger partial charge >= 0.3 is 0 Å². The molecule has 0 aliphatic carbocycles. The number of benzene rings is 2. The van der Waals surface area contributed by atoms with Gasteiger partial charge in [-0.05, 0) is 36.9 Å². The maximum absolute atomic E-state index is 13.7. The van der Waals surface area contributed by atoms with Gasteiger partial charge in [0, 0.05) is 12.1 Å². The van der Waals surface area contributed by atoms with Gasteiger partial charge in [-0.2, -0.15) is 5.26 Å². The minimum Gasteiger partial charge on any atom is -0.489 e. The topological polar surface area (TPSA) is 45.0 Å². The molecule has 2 aromatic rings. The summed E-state index contributed by atoms with van der Waals surface area (Å²) in [5.74, 6) is 0.268. The highest BCUT2D eigenvalue weighted by Gasteiger charge is 2.04. The molecule has 2 aromatic carbocycles. The molecule has 0 aliphatic heterocycles. The first kappa shape index (κ1) is 14.0. The summed E-state index contributed by atoms with van der Waals surface area (Å²) in [6.07, 6.45) is 0. The van der Waals surface area contributed by atoms with E-state index < -0.39 is 5.82 Å². The molecule has 3 nitrogen and oxygen atoms in total. The Kier molecular flexibility index (Phi) is 4.70. The standard InChI is InChI=1S/C16H15FN2O/c1-19-10-12-3-6-15(7-4-12)20-11-14-5-2-13(9-18)8-16(14)17/h2-8,19H,10-11H2,1H3. The molecule has 0 saturated heterocycles. The first-order valence-electron chi connectivity index (χ1n) is 6.28. The van der Waals surface area contributed by atoms with Crippen molar-refractivity contribution in [2.24, 2.45) is 0 Å². The van der Waals surface area contributed by atoms with Crippen LogP contribution in [0.3, 0.4) is 0 Å². The maximum atomic E-state index is 13.7. The largest absolute Gasteiger partial charge is 0.489 e. The van der Waals surface area contributed by atoms with Crippen molar-refractivity contribution in [2.45, 2.75) is 13.2 Å². The van der Waals surface area contributed by atoms with Crippen LogP contribution in [0.25, 0.3) is 0 Å². The molecule has 0 heterocycles. The van der Waals surface area contributed by atoms with Gasteiger partial charge in [-0.3, -0.25) is 0 Å². The van der Waals surface area contributed by atoms with Crippen LogP contribution in [0, 0.1) is 17.1 Å². The molecule has 0 amide bonds. The van der Waals surface area contributed by atoms with Crippen molar-refractivity contribution < 1.29 is 9.13 Å². The monoisotopic (exact) mass is 270 g/mol. The van der Waals surface area contributed by atoms with Crippen LogP contribution in [0.4, 0.5) is 4.39 Å². The molecule has 2 rings (SSSR count). The van der Waals surface area contributed by atoms with Gasteiger partial charge in [-0.15, -0.1) is 0 Å². The zero-order valence-electron chi connectivity index (χ0n) is 11.2. The molecule has 0 bridgehead atoms. The summed E-state index contributed by atoms with van der Waals surface area (Å²) in [4.78, 5) is 0. The molecular weight excluding hydrogens is 255 g/mol. The average Bonchev–Trinajstić information content (AvgIpc) is 2.48. The number of halogens is 1. The molecule has 1 N–H and O–H groups in total. The smallest absolute Gasteiger partial charge is 0.131 e. The Morgan fingerprint density at radius 3 is 2.55 bits per heavy atom. The van der Waals surface area contributed by atoms with E-state index in [4.69, 9.17) is 10.00 Å². The average molecular weight is 270 g/mol. The van der Waals surface area contributed by atoms with E-state index in [1.807, 2.05) is 37.4 Å². The summed E-state index contributed by atoms with van der Waals surface area (Å²) in [5, 5.41) is 11.7. The zero-order valence-corrected chi connectivity index (χ0v) is 11.2. The molecule has 0 aromatic heterocycles. The van der Waals surface area contributed by atoms with Crippen LogP contribution in [0.15, 0.2) is 42.5 Å². The molecule has 0 radical (unpaired) electrons. The summed E-state index contributed by atoms with van der Waals surface area (Å²) >= 11 is 0. The molecule has 4 heteroatoms. The van der Waals surface area contributed by atoms with Crippen molar-refractivity contribution in [3.63, 3.8) is 0 Å². The van der Waals surface area contributed by atoms with Crippen molar-refractivity contribution in [2.75, 3.05) is 7.05 Å². The third-order valence-electron chi connectivity index (χ3n) is 2.88. The van der Waals surface area contributed by atoms with Crippen LogP contribution < -0.4 is 10.1 Å². The fourth-order valence-electron chi connectivity index (χ4n) is 1.80. The number of hydrogen-bond donors (Lipinski definition) is 1. The van der Waals surface area contributed by atoms with Gasteiger partial charge in [0.15, 0.2) is 0 Å². The van der Waals surface area contributed by atoms with Gasteiger partial charge < -0.3 is 10.1 Å². The van der Waals surface area contributed by atoms with E-state index in [9.17, 15) is 4.39 Å². The first-order valence-corrected chi connectivity index (χ1v) is 6.28. The number of nitrogens with zero attached hydrogens (tertiary/aromatic N) is 1. The maximum Gasteiger partial charge on any atom is 0.131 e. The summed E-state index contributed by atoms with van der Waals surface area (Å²) in [5.41, 5.74) is 1.90. The van der Waals surface area contributed by atoms with Crippen molar-refractivity contribution in [1.82, 2.24) is 5.32 Å². The molecule has 0 aliphatic rings. The summed E-state index contributed by atoms with van der Waals surface area (Å²) in [7, 11) is 1.89. The molecule has 0 spiro atoms. The number of hydrogen-bond acceptors (Lipinski definition) is 3. The number of nitrogens with one attached hydrogen (secondary N) is 1. The molecule has 0 fully saturated rings. The predicted octanol–water partition coefficient (Wildman–Crippen LogP) is 3.00. The Bertz CT molecular complexity index is 617. The first-order chi connectivity index (χ1) is 9.72. The lowest BCUT2D eigenvalue weighted by molar-refractivity contribution is 0.299. The Hall–Kier alpha value is -2.38. The molecule has 0 unspecified atom stereocenters. The van der Waals surface area contributed by atoms with Gasteiger partial charge in [0.05, 0.1) is 11.6 Å². The van der Waals surface area contributed by atoms with E-state index >= 15 is 0 Å². The second-order valence-corrected chi connectivity index (χ2v) is 4.38. The minimum atomic E-state index is -0.421. The predicted molar refractivity (Wildman–Crippen MR) is 74.7 cm³/mol. The van der Waals surface area contributed by atoms with Gasteiger partial charge in [0.2, 0.25) is 0 Å². The normalized spacial score (nSPS) is 10.1. The highest BCUT2D eigenvalue weighted by atomic mass is 19.1. The van der Waals surface area contributed by atoms with Crippen molar-refractivity contribution in [3.05, 3.63) is 65.0 Å². The van der Waals surface area contributed by atoms with E-state index in [1.165, 1.54) is 6.07 Å². The number of nitriles is 1. The third kappa shape index (κ3) is 3.56. The van der Waals surface area contributed by atoms with Gasteiger partial charge in [0.1, 0.15) is 18.2 Å². The number of ether oxygens (including phenoxy) is 1. The number of rotatable bonds is 5. The van der Waals surface area contributed by atoms with Crippen LogP contribution in [-0.2, 0) is 13.2 Å². The Labute approximate surface area is 117 Å². The molecular formula is C16H15FN2O. The molecule has 102 valence electrons. The molecule has 0 saturated carbocycles. The van der Waals surface area contributed by atoms with E-state index in [0.29, 0.717) is 16.9 Å². The minimum absolute atomic E-state index is 0.142. The van der Waals surface area contributed by atoms with Gasteiger partial charge in [0.25, 0.3) is 0 Å². The lowest BCUT2D eigenvalue weighted by atomic mass is 10.1. The lowest BCUT2D eigenvalue weighted by Crippen LogP contribution is -2.04. The van der Waals surface area contributed by atoms with Crippen LogP contribution >= 0.6 is 0 Å². The second-order valence-electron chi connectivity index (χ2n) is 4.38. The van der Waals surface area contributed by atoms with Gasteiger partial charge in [-0.1, -0.05) is 18.2 Å². The Balaban J connectivity index is 2.00. The van der Waals surface area contributed by atoms with E-state index in [-0.39, 0.29) is 6.61 Å². The van der Waals surface area contributed by atoms with Crippen LogP contribution in [0.2, 0.25) is 0 Å². The van der Waals surface area contributed by atoms with Crippen LogP contribution in [0.5, 0.6) is 5.75 Å². The molecule has 20 heavy (non-hydrogen) atoms. The SMILES string of the molecule is CNCc1ccc(OCc2ccc(C#N)cc2F)cc1. The van der Waals surface area contributed by atoms with E-state index in [1.54, 1.807) is 12.1 Å². The summed E-state index contributed by atoms with van der Waals surface area (Å²) in [6.45, 7) is 0.938. The van der Waals surface area contributed by atoms with Crippen LogP contribution in [0.1, 0.15) is 16.7 Å². The quantitative estimate of drug-likeness (QED) is 0.908. The fraction of sp³-hybridized carbons (Fsp3) is 0.188. The van der Waals surface area contributed by atoms with Crippen molar-refractivity contribution in [1.29, 1.82) is 5.26 Å². The Morgan fingerprint density at radius 1 is 1.20 bits per heavy atom. The zero-order chi connectivity index (χ0) is 14.4. The summed E-state index contributed by atoms with van der Waals surface area (Å²) < 4.78 is 19.2. The highest BCUT2D eigenvalue weighted by Crippen LogP contribution is 2.16. The van der Waals surface area contributed by atoms with Crippen molar-refractivity contribution >= 4 is 0 Å². The van der Waals surface area contributed by atoms with E-state index in [2.05, 4.69) is 5.32 Å². The molecule has 0 atom stereocenters. The highest BCUT2D eigenvalue weighted by molar-refractivity contribution is 5.33. The lowest BCUT2D eigenvalue weighted by Gasteiger charge is -2.08.